The van der Waals surface area contributed by atoms with Crippen molar-refractivity contribution in [3.05, 3.63) is 80.5 Å². The van der Waals surface area contributed by atoms with Gasteiger partial charge in [0.2, 0.25) is 0 Å². The van der Waals surface area contributed by atoms with Crippen molar-refractivity contribution in [1.82, 2.24) is 9.78 Å². The minimum absolute atomic E-state index is 0.152. The van der Waals surface area contributed by atoms with Gasteiger partial charge in [0.25, 0.3) is 5.91 Å². The van der Waals surface area contributed by atoms with Crippen LogP contribution in [0.1, 0.15) is 27.3 Å². The van der Waals surface area contributed by atoms with Crippen LogP contribution < -0.4 is 5.32 Å². The molecule has 3 rings (SSSR count). The van der Waals surface area contributed by atoms with Crippen LogP contribution in [0.25, 0.3) is 0 Å². The predicted octanol–water partition coefficient (Wildman–Crippen LogP) is 5.22. The third kappa shape index (κ3) is 4.11. The molecule has 1 aromatic heterocycles. The average Bonchev–Trinajstić information content (AvgIpc) is 2.83. The number of carbonyl (C=O) groups excluding carboxylic acids is 1. The van der Waals surface area contributed by atoms with E-state index in [9.17, 15) is 4.79 Å². The Hall–Kier alpha value is -2.11. The Morgan fingerprint density at radius 1 is 1.20 bits per heavy atom. The van der Waals surface area contributed by atoms with Gasteiger partial charge in [0.1, 0.15) is 0 Å². The summed E-state index contributed by atoms with van der Waals surface area (Å²) in [6.07, 6.45) is 0. The topological polar surface area (TPSA) is 46.9 Å². The Morgan fingerprint density at radius 2 is 1.92 bits per heavy atom. The van der Waals surface area contributed by atoms with Gasteiger partial charge in [0.15, 0.2) is 0 Å². The highest BCUT2D eigenvalue weighted by Gasteiger charge is 2.15. The van der Waals surface area contributed by atoms with E-state index in [4.69, 9.17) is 11.6 Å². The van der Waals surface area contributed by atoms with Crippen LogP contribution in [0.2, 0.25) is 5.02 Å². The first-order valence-electron chi connectivity index (χ1n) is 7.79. The SMILES string of the molecule is Cc1nn(Cc2cccc(Cl)c2)c(C)c1NC(=O)c1ccc(Br)cc1. The van der Waals surface area contributed by atoms with Crippen LogP contribution in [-0.4, -0.2) is 15.7 Å². The van der Waals surface area contributed by atoms with Gasteiger partial charge in [-0.25, -0.2) is 0 Å². The van der Waals surface area contributed by atoms with E-state index in [0.29, 0.717) is 17.1 Å². The fraction of sp³-hybridized carbons (Fsp3) is 0.158. The van der Waals surface area contributed by atoms with Crippen molar-refractivity contribution < 1.29 is 4.79 Å². The fourth-order valence-electron chi connectivity index (χ4n) is 2.63. The van der Waals surface area contributed by atoms with Crippen molar-refractivity contribution in [1.29, 1.82) is 0 Å². The van der Waals surface area contributed by atoms with Crippen molar-refractivity contribution in [3.63, 3.8) is 0 Å². The molecule has 0 bridgehead atoms. The smallest absolute Gasteiger partial charge is 0.255 e. The van der Waals surface area contributed by atoms with Gasteiger partial charge >= 0.3 is 0 Å². The lowest BCUT2D eigenvalue weighted by Gasteiger charge is -2.08. The number of aromatic nitrogens is 2. The predicted molar refractivity (Wildman–Crippen MR) is 104 cm³/mol. The Morgan fingerprint density at radius 3 is 2.60 bits per heavy atom. The Balaban J connectivity index is 1.82. The molecule has 4 nitrogen and oxygen atoms in total. The first-order valence-corrected chi connectivity index (χ1v) is 8.96. The molecule has 25 heavy (non-hydrogen) atoms. The Bertz CT molecular complexity index is 919. The maximum absolute atomic E-state index is 12.5. The van der Waals surface area contributed by atoms with Crippen LogP contribution in [0.5, 0.6) is 0 Å². The molecule has 1 heterocycles. The average molecular weight is 419 g/mol. The molecule has 1 amide bonds. The highest BCUT2D eigenvalue weighted by molar-refractivity contribution is 9.10. The molecule has 0 atom stereocenters. The van der Waals surface area contributed by atoms with E-state index in [0.717, 1.165) is 27.1 Å². The van der Waals surface area contributed by atoms with E-state index in [1.807, 2.05) is 54.9 Å². The molecule has 0 radical (unpaired) electrons. The summed E-state index contributed by atoms with van der Waals surface area (Å²) in [6.45, 7) is 4.43. The summed E-state index contributed by atoms with van der Waals surface area (Å²) in [5.41, 5.74) is 4.09. The molecule has 128 valence electrons. The van der Waals surface area contributed by atoms with Gasteiger partial charge in [-0.15, -0.1) is 0 Å². The lowest BCUT2D eigenvalue weighted by Crippen LogP contribution is -2.13. The van der Waals surface area contributed by atoms with Crippen molar-refractivity contribution in [2.75, 3.05) is 5.32 Å². The van der Waals surface area contributed by atoms with Crippen LogP contribution in [0.4, 0.5) is 5.69 Å². The summed E-state index contributed by atoms with van der Waals surface area (Å²) in [4.78, 5) is 12.5. The highest BCUT2D eigenvalue weighted by atomic mass is 79.9. The van der Waals surface area contributed by atoms with Gasteiger partial charge in [-0.1, -0.05) is 39.7 Å². The zero-order chi connectivity index (χ0) is 18.0. The van der Waals surface area contributed by atoms with Gasteiger partial charge in [-0.3, -0.25) is 9.48 Å². The lowest BCUT2D eigenvalue weighted by molar-refractivity contribution is 0.102. The largest absolute Gasteiger partial charge is 0.319 e. The first-order chi connectivity index (χ1) is 11.9. The van der Waals surface area contributed by atoms with Gasteiger partial charge < -0.3 is 5.32 Å². The summed E-state index contributed by atoms with van der Waals surface area (Å²) in [7, 11) is 0. The molecule has 0 saturated heterocycles. The number of amides is 1. The molecule has 6 heteroatoms. The number of hydrogen-bond acceptors (Lipinski definition) is 2. The molecular formula is C19H17BrClN3O. The summed E-state index contributed by atoms with van der Waals surface area (Å²) >= 11 is 9.42. The van der Waals surface area contributed by atoms with Crippen molar-refractivity contribution in [2.45, 2.75) is 20.4 Å². The Kier molecular flexibility index (Phi) is 5.25. The molecule has 0 fully saturated rings. The number of nitrogens with one attached hydrogen (secondary N) is 1. The van der Waals surface area contributed by atoms with E-state index in [2.05, 4.69) is 26.3 Å². The number of carbonyl (C=O) groups is 1. The lowest BCUT2D eigenvalue weighted by atomic mass is 10.2. The van der Waals surface area contributed by atoms with E-state index in [-0.39, 0.29) is 5.91 Å². The van der Waals surface area contributed by atoms with Crippen molar-refractivity contribution in [3.8, 4) is 0 Å². The van der Waals surface area contributed by atoms with Crippen LogP contribution in [0, 0.1) is 13.8 Å². The number of benzene rings is 2. The minimum Gasteiger partial charge on any atom is -0.319 e. The second-order valence-corrected chi connectivity index (χ2v) is 7.15. The number of anilines is 1. The normalized spacial score (nSPS) is 10.7. The molecule has 0 spiro atoms. The summed E-state index contributed by atoms with van der Waals surface area (Å²) in [5, 5.41) is 8.21. The van der Waals surface area contributed by atoms with Crippen LogP contribution in [0.3, 0.4) is 0 Å². The van der Waals surface area contributed by atoms with E-state index >= 15 is 0 Å². The number of nitrogens with zero attached hydrogens (tertiary/aromatic N) is 2. The highest BCUT2D eigenvalue weighted by Crippen LogP contribution is 2.22. The standard InChI is InChI=1S/C19H17BrClN3O/c1-12-18(22-19(25)15-6-8-16(20)9-7-15)13(2)24(23-12)11-14-4-3-5-17(21)10-14/h3-10H,11H2,1-2H3,(H,22,25). The zero-order valence-corrected chi connectivity index (χ0v) is 16.2. The quantitative estimate of drug-likeness (QED) is 0.631. The molecule has 0 aliphatic heterocycles. The maximum Gasteiger partial charge on any atom is 0.255 e. The summed E-state index contributed by atoms with van der Waals surface area (Å²) < 4.78 is 2.81. The molecule has 1 N–H and O–H groups in total. The monoisotopic (exact) mass is 417 g/mol. The van der Waals surface area contributed by atoms with E-state index < -0.39 is 0 Å². The van der Waals surface area contributed by atoms with Crippen molar-refractivity contribution in [2.24, 2.45) is 0 Å². The molecule has 0 saturated carbocycles. The molecular weight excluding hydrogens is 402 g/mol. The second kappa shape index (κ2) is 7.42. The zero-order valence-electron chi connectivity index (χ0n) is 13.9. The minimum atomic E-state index is -0.152. The van der Waals surface area contributed by atoms with Gasteiger partial charge in [-0.05, 0) is 55.8 Å². The number of aryl methyl sites for hydroxylation is 1. The van der Waals surface area contributed by atoms with Crippen molar-refractivity contribution >= 4 is 39.1 Å². The second-order valence-electron chi connectivity index (χ2n) is 5.79. The van der Waals surface area contributed by atoms with E-state index in [1.54, 1.807) is 12.1 Å². The maximum atomic E-state index is 12.5. The summed E-state index contributed by atoms with van der Waals surface area (Å²) in [5.74, 6) is -0.152. The van der Waals surface area contributed by atoms with Gasteiger partial charge in [0.05, 0.1) is 23.6 Å². The van der Waals surface area contributed by atoms with Gasteiger partial charge in [0, 0.05) is 15.1 Å². The van der Waals surface area contributed by atoms with Crippen LogP contribution in [0.15, 0.2) is 53.0 Å². The first kappa shape index (κ1) is 17.7. The molecule has 0 aliphatic rings. The summed E-state index contributed by atoms with van der Waals surface area (Å²) in [6, 6.07) is 14.9. The van der Waals surface area contributed by atoms with Crippen LogP contribution in [-0.2, 0) is 6.54 Å². The third-order valence-corrected chi connectivity index (χ3v) is 4.71. The number of halogens is 2. The molecule has 0 aliphatic carbocycles. The van der Waals surface area contributed by atoms with E-state index in [1.165, 1.54) is 0 Å². The molecule has 0 unspecified atom stereocenters. The number of hydrogen-bond donors (Lipinski definition) is 1. The third-order valence-electron chi connectivity index (χ3n) is 3.95. The fourth-order valence-corrected chi connectivity index (χ4v) is 3.10. The van der Waals surface area contributed by atoms with Gasteiger partial charge in [-0.2, -0.15) is 5.10 Å². The van der Waals surface area contributed by atoms with Crippen LogP contribution >= 0.6 is 27.5 Å². The number of rotatable bonds is 4. The molecule has 3 aromatic rings. The Labute approximate surface area is 159 Å². The molecule has 2 aromatic carbocycles.